The van der Waals surface area contributed by atoms with Crippen molar-refractivity contribution >= 4 is 6.08 Å². The van der Waals surface area contributed by atoms with Gasteiger partial charge in [-0.1, -0.05) is 38.5 Å². The summed E-state index contributed by atoms with van der Waals surface area (Å²) in [4.78, 5) is 4.30. The minimum atomic E-state index is 0.533. The Bertz CT molecular complexity index is 336. The molecule has 0 atom stereocenters. The average Bonchev–Trinajstić information content (AvgIpc) is 2.26. The molecule has 0 fully saturated rings. The fourth-order valence-corrected chi connectivity index (χ4v) is 1.41. The molecule has 0 aromatic carbocycles. The predicted octanol–water partition coefficient (Wildman–Crippen LogP) is 3.18. The predicted molar refractivity (Wildman–Crippen MR) is 70.4 cm³/mol. The third-order valence-corrected chi connectivity index (χ3v) is 2.50. The SMILES string of the molecule is CC/C(=C/c1ccc(C)nc1)CNC(C)C. The van der Waals surface area contributed by atoms with E-state index in [1.165, 1.54) is 11.1 Å². The van der Waals surface area contributed by atoms with Crippen molar-refractivity contribution in [1.29, 1.82) is 0 Å². The first-order valence-corrected chi connectivity index (χ1v) is 5.97. The average molecular weight is 218 g/mol. The third kappa shape index (κ3) is 4.58. The maximum absolute atomic E-state index is 4.30. The van der Waals surface area contributed by atoms with Gasteiger partial charge >= 0.3 is 0 Å². The summed E-state index contributed by atoms with van der Waals surface area (Å²) in [7, 11) is 0. The number of hydrogen-bond acceptors (Lipinski definition) is 2. The third-order valence-electron chi connectivity index (χ3n) is 2.50. The molecule has 0 bridgehead atoms. The topological polar surface area (TPSA) is 24.9 Å². The molecule has 0 aliphatic rings. The Hall–Kier alpha value is -1.15. The first kappa shape index (κ1) is 12.9. The maximum atomic E-state index is 4.30. The van der Waals surface area contributed by atoms with Gasteiger partial charge in [0.2, 0.25) is 0 Å². The van der Waals surface area contributed by atoms with Gasteiger partial charge in [0.1, 0.15) is 0 Å². The van der Waals surface area contributed by atoms with Gasteiger partial charge in [0.05, 0.1) is 0 Å². The van der Waals surface area contributed by atoms with Crippen molar-refractivity contribution in [2.75, 3.05) is 6.54 Å². The quantitative estimate of drug-likeness (QED) is 0.821. The van der Waals surface area contributed by atoms with E-state index in [1.54, 1.807) is 0 Å². The molecule has 2 nitrogen and oxygen atoms in total. The van der Waals surface area contributed by atoms with Gasteiger partial charge < -0.3 is 5.32 Å². The number of pyridine rings is 1. The molecule has 1 aromatic heterocycles. The number of hydrogen-bond donors (Lipinski definition) is 1. The molecule has 1 rings (SSSR count). The van der Waals surface area contributed by atoms with Gasteiger partial charge in [-0.25, -0.2) is 0 Å². The zero-order valence-electron chi connectivity index (χ0n) is 10.7. The van der Waals surface area contributed by atoms with E-state index in [0.29, 0.717) is 6.04 Å². The monoisotopic (exact) mass is 218 g/mol. The standard InChI is InChI=1S/C14H22N2/c1-5-13(9-15-11(2)3)8-14-7-6-12(4)16-10-14/h6-8,10-11,15H,5,9H2,1-4H3/b13-8-. The van der Waals surface area contributed by atoms with Crippen LogP contribution in [0.2, 0.25) is 0 Å². The van der Waals surface area contributed by atoms with E-state index in [9.17, 15) is 0 Å². The Kier molecular flexibility index (Phi) is 5.20. The first-order chi connectivity index (χ1) is 7.61. The van der Waals surface area contributed by atoms with Crippen LogP contribution in [0.25, 0.3) is 6.08 Å². The van der Waals surface area contributed by atoms with Gasteiger partial charge in [-0.2, -0.15) is 0 Å². The maximum Gasteiger partial charge on any atom is 0.0373 e. The molecule has 1 aromatic rings. The fourth-order valence-electron chi connectivity index (χ4n) is 1.41. The highest BCUT2D eigenvalue weighted by molar-refractivity contribution is 5.52. The van der Waals surface area contributed by atoms with Crippen molar-refractivity contribution in [2.24, 2.45) is 0 Å². The van der Waals surface area contributed by atoms with Crippen molar-refractivity contribution in [3.05, 3.63) is 35.2 Å². The highest BCUT2D eigenvalue weighted by Gasteiger charge is 1.97. The van der Waals surface area contributed by atoms with Crippen LogP contribution < -0.4 is 5.32 Å². The second-order valence-corrected chi connectivity index (χ2v) is 4.42. The Labute approximate surface area is 98.8 Å². The Morgan fingerprint density at radius 2 is 2.19 bits per heavy atom. The highest BCUT2D eigenvalue weighted by atomic mass is 14.9. The van der Waals surface area contributed by atoms with Gasteiger partial charge in [0.25, 0.3) is 0 Å². The molecule has 0 radical (unpaired) electrons. The molecule has 0 saturated carbocycles. The zero-order chi connectivity index (χ0) is 12.0. The molecule has 1 heterocycles. The minimum absolute atomic E-state index is 0.533. The molecular weight excluding hydrogens is 196 g/mol. The van der Waals surface area contributed by atoms with Crippen LogP contribution in [-0.2, 0) is 0 Å². The van der Waals surface area contributed by atoms with Gasteiger partial charge in [0.15, 0.2) is 0 Å². The van der Waals surface area contributed by atoms with E-state index >= 15 is 0 Å². The lowest BCUT2D eigenvalue weighted by atomic mass is 10.1. The normalized spacial score (nSPS) is 12.2. The van der Waals surface area contributed by atoms with Crippen molar-refractivity contribution < 1.29 is 0 Å². The van der Waals surface area contributed by atoms with E-state index in [2.05, 4.69) is 49.3 Å². The van der Waals surface area contributed by atoms with Gasteiger partial charge in [0, 0.05) is 24.5 Å². The van der Waals surface area contributed by atoms with Crippen LogP contribution in [0.1, 0.15) is 38.4 Å². The summed E-state index contributed by atoms with van der Waals surface area (Å²) >= 11 is 0. The lowest BCUT2D eigenvalue weighted by molar-refractivity contribution is 0.617. The largest absolute Gasteiger partial charge is 0.311 e. The Balaban J connectivity index is 2.67. The molecule has 2 heteroatoms. The van der Waals surface area contributed by atoms with Crippen LogP contribution in [0, 0.1) is 6.92 Å². The van der Waals surface area contributed by atoms with Crippen LogP contribution in [0.4, 0.5) is 0 Å². The fraction of sp³-hybridized carbons (Fsp3) is 0.500. The zero-order valence-corrected chi connectivity index (χ0v) is 10.7. The van der Waals surface area contributed by atoms with Crippen molar-refractivity contribution in [3.8, 4) is 0 Å². The van der Waals surface area contributed by atoms with Crippen LogP contribution in [0.15, 0.2) is 23.9 Å². The van der Waals surface area contributed by atoms with Crippen molar-refractivity contribution in [1.82, 2.24) is 10.3 Å². The van der Waals surface area contributed by atoms with E-state index in [-0.39, 0.29) is 0 Å². The van der Waals surface area contributed by atoms with Crippen LogP contribution in [0.3, 0.4) is 0 Å². The Morgan fingerprint density at radius 1 is 1.44 bits per heavy atom. The smallest absolute Gasteiger partial charge is 0.0373 e. The Morgan fingerprint density at radius 3 is 2.69 bits per heavy atom. The summed E-state index contributed by atoms with van der Waals surface area (Å²) in [5, 5.41) is 3.44. The number of rotatable bonds is 5. The highest BCUT2D eigenvalue weighted by Crippen LogP contribution is 2.08. The molecule has 0 unspecified atom stereocenters. The van der Waals surface area contributed by atoms with E-state index in [4.69, 9.17) is 0 Å². The van der Waals surface area contributed by atoms with Gasteiger partial charge in [-0.15, -0.1) is 0 Å². The van der Waals surface area contributed by atoms with Crippen LogP contribution in [0.5, 0.6) is 0 Å². The summed E-state index contributed by atoms with van der Waals surface area (Å²) < 4.78 is 0. The van der Waals surface area contributed by atoms with Crippen molar-refractivity contribution in [3.63, 3.8) is 0 Å². The van der Waals surface area contributed by atoms with E-state index in [1.807, 2.05) is 13.1 Å². The minimum Gasteiger partial charge on any atom is -0.311 e. The molecule has 1 N–H and O–H groups in total. The van der Waals surface area contributed by atoms with Crippen LogP contribution >= 0.6 is 0 Å². The molecule has 0 aliphatic heterocycles. The number of nitrogens with one attached hydrogen (secondary N) is 1. The summed E-state index contributed by atoms with van der Waals surface area (Å²) in [5.41, 5.74) is 3.67. The number of aryl methyl sites for hydroxylation is 1. The number of nitrogens with zero attached hydrogens (tertiary/aromatic N) is 1. The summed E-state index contributed by atoms with van der Waals surface area (Å²) in [6.45, 7) is 9.49. The van der Waals surface area contributed by atoms with E-state index < -0.39 is 0 Å². The molecular formula is C14H22N2. The van der Waals surface area contributed by atoms with Crippen molar-refractivity contribution in [2.45, 2.75) is 40.2 Å². The van der Waals surface area contributed by atoms with E-state index in [0.717, 1.165) is 18.7 Å². The molecule has 16 heavy (non-hydrogen) atoms. The molecule has 0 saturated heterocycles. The summed E-state index contributed by atoms with van der Waals surface area (Å²) in [5.74, 6) is 0. The lowest BCUT2D eigenvalue weighted by Crippen LogP contribution is -2.24. The number of aromatic nitrogens is 1. The van der Waals surface area contributed by atoms with Crippen LogP contribution in [-0.4, -0.2) is 17.6 Å². The molecule has 0 spiro atoms. The molecule has 0 amide bonds. The molecule has 88 valence electrons. The lowest BCUT2D eigenvalue weighted by Gasteiger charge is -2.10. The second-order valence-electron chi connectivity index (χ2n) is 4.42. The first-order valence-electron chi connectivity index (χ1n) is 5.97. The second kappa shape index (κ2) is 6.44. The van der Waals surface area contributed by atoms with Gasteiger partial charge in [-0.05, 0) is 25.0 Å². The summed E-state index contributed by atoms with van der Waals surface area (Å²) in [6, 6.07) is 4.70. The molecule has 0 aliphatic carbocycles. The summed E-state index contributed by atoms with van der Waals surface area (Å²) in [6.07, 6.45) is 5.23. The van der Waals surface area contributed by atoms with Gasteiger partial charge in [-0.3, -0.25) is 4.98 Å².